The van der Waals surface area contributed by atoms with Crippen molar-refractivity contribution in [1.29, 1.82) is 0 Å². The highest BCUT2D eigenvalue weighted by Gasteiger charge is 2.60. The van der Waals surface area contributed by atoms with Crippen LogP contribution in [0, 0.1) is 0 Å². The number of hydrogen-bond acceptors (Lipinski definition) is 40. The Hall–Kier alpha value is -3.56. The summed E-state index contributed by atoms with van der Waals surface area (Å²) in [5.74, 6) is -3.44. The highest BCUT2D eigenvalue weighted by atomic mass is 16.8. The number of carbonyl (C=O) groups excluding carboxylic acids is 4. The van der Waals surface area contributed by atoms with E-state index in [0.29, 0.717) is 0 Å². The van der Waals surface area contributed by atoms with Gasteiger partial charge in [0, 0.05) is 27.7 Å². The molecule has 0 unspecified atom stereocenters. The molecule has 8 aliphatic heterocycles. The van der Waals surface area contributed by atoms with E-state index < -0.39 is 315 Å². The van der Waals surface area contributed by atoms with Crippen molar-refractivity contribution in [2.75, 3.05) is 46.2 Å². The van der Waals surface area contributed by atoms with Gasteiger partial charge in [0.1, 0.15) is 189 Å². The van der Waals surface area contributed by atoms with Gasteiger partial charge in [0.25, 0.3) is 0 Å². The van der Waals surface area contributed by atoms with Crippen molar-refractivity contribution in [3.63, 3.8) is 0 Å². The number of carbonyl (C=O) groups is 4. The van der Waals surface area contributed by atoms with E-state index in [4.69, 9.17) is 71.1 Å². The molecule has 100 heavy (non-hydrogen) atoms. The van der Waals surface area contributed by atoms with Gasteiger partial charge in [-0.1, -0.05) is 0 Å². The molecule has 8 aliphatic rings. The van der Waals surface area contributed by atoms with Crippen LogP contribution < -0.4 is 21.3 Å². The maximum Gasteiger partial charge on any atom is 0.217 e. The summed E-state index contributed by atoms with van der Waals surface area (Å²) in [7, 11) is 0. The van der Waals surface area contributed by atoms with E-state index in [1.165, 1.54) is 6.92 Å². The normalized spacial score (nSPS) is 48.7. The second-order valence-electron chi connectivity index (χ2n) is 25.4. The van der Waals surface area contributed by atoms with E-state index >= 15 is 0 Å². The first-order valence-corrected chi connectivity index (χ1v) is 32.0. The van der Waals surface area contributed by atoms with Crippen LogP contribution in [0.15, 0.2) is 0 Å². The molecule has 8 rings (SSSR count). The largest absolute Gasteiger partial charge is 0.394 e. The molecule has 8 heterocycles. The number of aliphatic hydroxyl groups excluding tert-OH is 21. The third-order valence-electron chi connectivity index (χ3n) is 18.2. The van der Waals surface area contributed by atoms with Gasteiger partial charge in [0.2, 0.25) is 23.6 Å². The molecule has 0 radical (unpaired) electrons. The fourth-order valence-electron chi connectivity index (χ4n) is 12.8. The Morgan fingerprint density at radius 1 is 0.280 bits per heavy atom. The van der Waals surface area contributed by atoms with Crippen molar-refractivity contribution < 1.29 is 197 Å². The van der Waals surface area contributed by atoms with Crippen molar-refractivity contribution in [2.24, 2.45) is 0 Å². The molecular formula is C56H94N4O40. The predicted octanol–water partition coefficient (Wildman–Crippen LogP) is -16.8. The van der Waals surface area contributed by atoms with E-state index in [1.807, 2.05) is 0 Å². The minimum atomic E-state index is -2.48. The highest BCUT2D eigenvalue weighted by molar-refractivity contribution is 5.74. The van der Waals surface area contributed by atoms with Crippen molar-refractivity contribution in [2.45, 2.75) is 280 Å². The van der Waals surface area contributed by atoms with E-state index in [9.17, 15) is 126 Å². The Kier molecular flexibility index (Phi) is 29.3. The van der Waals surface area contributed by atoms with Crippen LogP contribution in [-0.4, -0.2) is 423 Å². The third-order valence-corrected chi connectivity index (χ3v) is 18.2. The Labute approximate surface area is 567 Å². The molecule has 0 aromatic rings. The fourth-order valence-corrected chi connectivity index (χ4v) is 12.8. The molecule has 0 aromatic carbocycles. The summed E-state index contributed by atoms with van der Waals surface area (Å²) in [5.41, 5.74) is 0. The van der Waals surface area contributed by atoms with Crippen LogP contribution in [0.2, 0.25) is 0 Å². The van der Waals surface area contributed by atoms with Gasteiger partial charge in [-0.05, 0) is 6.92 Å². The van der Waals surface area contributed by atoms with Crippen molar-refractivity contribution in [3.8, 4) is 0 Å². The molecule has 8 saturated heterocycles. The van der Waals surface area contributed by atoms with Gasteiger partial charge < -0.3 is 200 Å². The smallest absolute Gasteiger partial charge is 0.217 e. The summed E-state index contributed by atoms with van der Waals surface area (Å²) < 4.78 is 89.1. The Morgan fingerprint density at radius 3 is 1.02 bits per heavy atom. The van der Waals surface area contributed by atoms with Crippen molar-refractivity contribution in [1.82, 2.24) is 21.3 Å². The first-order valence-electron chi connectivity index (χ1n) is 32.0. The minimum absolute atomic E-state index is 0.813. The summed E-state index contributed by atoms with van der Waals surface area (Å²) in [6, 6.07) is -7.14. The molecule has 0 saturated carbocycles. The first-order chi connectivity index (χ1) is 47.2. The number of aliphatic hydroxyl groups is 21. The second kappa shape index (κ2) is 35.7. The lowest BCUT2D eigenvalue weighted by Gasteiger charge is -2.51. The molecule has 4 amide bonds. The average molecular weight is 1460 g/mol. The third kappa shape index (κ3) is 18.3. The summed E-state index contributed by atoms with van der Waals surface area (Å²) in [6.07, 6.45) is -71.7. The summed E-state index contributed by atoms with van der Waals surface area (Å²) in [5, 5.41) is 242. The predicted molar refractivity (Wildman–Crippen MR) is 309 cm³/mol. The zero-order valence-electron chi connectivity index (χ0n) is 54.2. The summed E-state index contributed by atoms with van der Waals surface area (Å²) in [4.78, 5) is 50.3. The highest BCUT2D eigenvalue weighted by Crippen LogP contribution is 2.39. The second-order valence-corrected chi connectivity index (χ2v) is 25.4. The molecule has 0 spiro atoms. The van der Waals surface area contributed by atoms with Crippen LogP contribution in [0.1, 0.15) is 34.6 Å². The molecule has 0 bridgehead atoms. The lowest BCUT2D eigenvalue weighted by atomic mass is 9.93. The number of amides is 4. The zero-order chi connectivity index (χ0) is 73.8. The van der Waals surface area contributed by atoms with Crippen LogP contribution in [0.5, 0.6) is 0 Å². The number of hydrogen-bond donors (Lipinski definition) is 25. The van der Waals surface area contributed by atoms with Gasteiger partial charge >= 0.3 is 0 Å². The molecule has 0 aliphatic carbocycles. The molecule has 8 fully saturated rings. The van der Waals surface area contributed by atoms with Crippen LogP contribution in [-0.2, 0) is 90.2 Å². The molecule has 25 N–H and O–H groups in total. The van der Waals surface area contributed by atoms with Gasteiger partial charge in [0.05, 0.1) is 52.4 Å². The van der Waals surface area contributed by atoms with Crippen molar-refractivity contribution >= 4 is 23.6 Å². The summed E-state index contributed by atoms with van der Waals surface area (Å²) >= 11 is 0. The van der Waals surface area contributed by atoms with Crippen LogP contribution in [0.25, 0.3) is 0 Å². The van der Waals surface area contributed by atoms with Crippen LogP contribution in [0.3, 0.4) is 0 Å². The molecular weight excluding hydrogens is 1370 g/mol. The maximum absolute atomic E-state index is 13.2. The minimum Gasteiger partial charge on any atom is -0.394 e. The van der Waals surface area contributed by atoms with E-state index in [-0.39, 0.29) is 0 Å². The number of ether oxygens (including phenoxy) is 15. The molecule has 40 atom stereocenters. The maximum atomic E-state index is 13.2. The van der Waals surface area contributed by atoms with Crippen LogP contribution in [0.4, 0.5) is 0 Å². The van der Waals surface area contributed by atoms with E-state index in [2.05, 4.69) is 21.3 Å². The quantitative estimate of drug-likeness (QED) is 0.0404. The topological polar surface area (TPSA) is 680 Å². The van der Waals surface area contributed by atoms with Gasteiger partial charge in [0.15, 0.2) is 50.3 Å². The van der Waals surface area contributed by atoms with Gasteiger partial charge in [-0.25, -0.2) is 0 Å². The Morgan fingerprint density at radius 2 is 0.580 bits per heavy atom. The number of nitrogens with one attached hydrogen (secondary N) is 4. The van der Waals surface area contributed by atoms with Gasteiger partial charge in [-0.15, -0.1) is 0 Å². The average Bonchev–Trinajstić information content (AvgIpc) is 0.770. The van der Waals surface area contributed by atoms with E-state index in [0.717, 1.165) is 27.7 Å². The van der Waals surface area contributed by atoms with Gasteiger partial charge in [-0.2, -0.15) is 0 Å². The SMILES string of the molecule is CC(=O)N[C@@H]1[C@@H](O)[C@H](O[C@@H]2O[C@H](CO)[C@@H](O[C@@H]3O[C@H](CO[C@H]4O[C@H](CO)[C@@H](O)[C@H](O)[C@@H]4O[C@@H]4O[C@H](CO)[C@@H](O)[C@H](O)[C@H]4NC(C)=O)[C@@H](O)[C@H](O)[C@@H]3O[C@H]3O[C@H](CO)[C@@H](O)[C@H](O)[C@@H]3O[C@@H]3O[C@H](CO)[C@@H](O)[C@H](O)[C@H]3NC(C)=O)[C@H](O)[C@H]2NC(C)=O)[C@@H](CO[C@@H]2O[C@@H](C)[C@@H](O)[C@@H](O)[C@@H]2O)O[C@H]1O. The van der Waals surface area contributed by atoms with Crippen molar-refractivity contribution in [3.05, 3.63) is 0 Å². The molecule has 0 aromatic heterocycles. The zero-order valence-corrected chi connectivity index (χ0v) is 54.2. The molecule has 44 nitrogen and oxygen atoms in total. The molecule has 578 valence electrons. The monoisotopic (exact) mass is 1460 g/mol. The summed E-state index contributed by atoms with van der Waals surface area (Å²) in [6.45, 7) is -1.92. The van der Waals surface area contributed by atoms with E-state index in [1.54, 1.807) is 0 Å². The standard InChI is InChI=1S/C56H94N4O40/c1-13-29(70)39(80)43(84)53(88-13)86-12-24-45(37(78)25(49(85)89-24)57-14(2)66)96-52-28(60-17(5)69)38(79)44(22(10-65)94-52)97-56-48(100-55-47(41(82)33(74)21(9-64)93-55)99-51-27(59-16(4)68)36(77)31(72)19(7-62)91-51)42(83)34(75)23(95-56)11-87-54-46(40(81)32(73)20(8-63)92-54)98-50-26(58-15(3)67)35(76)30(71)18(6-61)90-50/h13,18-56,61-65,70-85H,6-12H2,1-5H3,(H,57,66)(H,58,67)(H,59,68)(H,60,69)/t13-,18+,19+,20+,21+,22+,23+,24+,25+,26+,27+,28+,29+,30+,31+,32+,33+,34+,35+,36+,37+,38+,39+,40-,41-,42-,43-,44+,45+,46-,47-,48-,49+,50-,51-,52-,53+,54-,55+,56-/m0/s1. The Bertz CT molecular complexity index is 2620. The lowest BCUT2D eigenvalue weighted by Crippen LogP contribution is -2.71. The lowest BCUT2D eigenvalue weighted by molar-refractivity contribution is -0.402. The number of rotatable bonds is 25. The Balaban J connectivity index is 1.14. The first kappa shape index (κ1) is 82.1. The van der Waals surface area contributed by atoms with Crippen LogP contribution >= 0.6 is 0 Å². The molecule has 44 heteroatoms. The van der Waals surface area contributed by atoms with Gasteiger partial charge in [-0.3, -0.25) is 19.2 Å². The fraction of sp³-hybridized carbons (Fsp3) is 0.929.